The monoisotopic (exact) mass is 324 g/mol. The Balaban J connectivity index is 2.03. The van der Waals surface area contributed by atoms with E-state index in [4.69, 9.17) is 4.74 Å². The fourth-order valence-electron chi connectivity index (χ4n) is 2.59. The molecule has 0 aliphatic carbocycles. The van der Waals surface area contributed by atoms with Gasteiger partial charge in [-0.05, 0) is 42.8 Å². The topological polar surface area (TPSA) is 88.5 Å². The van der Waals surface area contributed by atoms with Crippen LogP contribution in [0, 0.1) is 0 Å². The Labute approximate surface area is 138 Å². The van der Waals surface area contributed by atoms with Crippen LogP contribution >= 0.6 is 0 Å². The van der Waals surface area contributed by atoms with Crippen molar-refractivity contribution in [3.63, 3.8) is 0 Å². The summed E-state index contributed by atoms with van der Waals surface area (Å²) >= 11 is 0. The highest BCUT2D eigenvalue weighted by Crippen LogP contribution is 2.32. The number of aliphatic hydroxyl groups excluding tert-OH is 1. The van der Waals surface area contributed by atoms with Crippen molar-refractivity contribution in [1.82, 2.24) is 10.3 Å². The number of hydrogen-bond donors (Lipinski definition) is 2. The molecule has 6 nitrogen and oxygen atoms in total. The normalized spacial score (nSPS) is 19.1. The molecular weight excluding hydrogens is 308 g/mol. The number of rotatable bonds is 4. The molecule has 0 radical (unpaired) electrons. The summed E-state index contributed by atoms with van der Waals surface area (Å²) in [6.45, 7) is 2.41. The van der Waals surface area contributed by atoms with Gasteiger partial charge in [0, 0.05) is 18.0 Å². The van der Waals surface area contributed by atoms with E-state index in [2.05, 4.69) is 10.3 Å². The van der Waals surface area contributed by atoms with E-state index in [0.29, 0.717) is 23.5 Å². The van der Waals surface area contributed by atoms with Crippen molar-refractivity contribution in [2.24, 2.45) is 0 Å². The zero-order chi connectivity index (χ0) is 17.1. The summed E-state index contributed by atoms with van der Waals surface area (Å²) in [5, 5.41) is 13.1. The predicted octanol–water partition coefficient (Wildman–Crippen LogP) is 2.19. The molecule has 1 saturated heterocycles. The van der Waals surface area contributed by atoms with Gasteiger partial charge in [-0.1, -0.05) is 6.07 Å². The first-order valence-electron chi connectivity index (χ1n) is 7.53. The van der Waals surface area contributed by atoms with E-state index in [1.54, 1.807) is 48.8 Å². The average Bonchev–Trinajstić information content (AvgIpc) is 2.91. The Morgan fingerprint density at radius 3 is 2.62 bits per heavy atom. The van der Waals surface area contributed by atoms with E-state index in [1.165, 1.54) is 0 Å². The van der Waals surface area contributed by atoms with E-state index in [-0.39, 0.29) is 11.3 Å². The number of aliphatic hydroxyl groups is 1. The molecule has 0 saturated carbocycles. The van der Waals surface area contributed by atoms with Crippen molar-refractivity contribution in [2.75, 3.05) is 6.61 Å². The smallest absolute Gasteiger partial charge is 0.293 e. The van der Waals surface area contributed by atoms with Crippen LogP contribution in [-0.2, 0) is 9.59 Å². The second kappa shape index (κ2) is 6.54. The maximum Gasteiger partial charge on any atom is 0.293 e. The molecule has 24 heavy (non-hydrogen) atoms. The molecule has 6 heteroatoms. The van der Waals surface area contributed by atoms with Crippen LogP contribution in [-0.4, -0.2) is 28.4 Å². The van der Waals surface area contributed by atoms with Crippen LogP contribution < -0.4 is 10.1 Å². The van der Waals surface area contributed by atoms with Gasteiger partial charge in [0.2, 0.25) is 0 Å². The molecule has 2 heterocycles. The lowest BCUT2D eigenvalue weighted by molar-refractivity contribution is -0.133. The Kier molecular flexibility index (Phi) is 4.29. The number of pyridine rings is 1. The average molecular weight is 324 g/mol. The number of nitrogens with one attached hydrogen (secondary N) is 1. The van der Waals surface area contributed by atoms with Gasteiger partial charge in [0.1, 0.15) is 11.5 Å². The van der Waals surface area contributed by atoms with Gasteiger partial charge in [0.25, 0.3) is 11.7 Å². The summed E-state index contributed by atoms with van der Waals surface area (Å²) in [7, 11) is 0. The van der Waals surface area contributed by atoms with E-state index in [9.17, 15) is 14.7 Å². The van der Waals surface area contributed by atoms with Gasteiger partial charge < -0.3 is 15.2 Å². The van der Waals surface area contributed by atoms with Crippen LogP contribution in [0.3, 0.4) is 0 Å². The first kappa shape index (κ1) is 15.7. The summed E-state index contributed by atoms with van der Waals surface area (Å²) in [5.41, 5.74) is 1.09. The third-order valence-electron chi connectivity index (χ3n) is 3.73. The number of carbonyl (C=O) groups excluding carboxylic acids is 2. The third kappa shape index (κ3) is 2.86. The van der Waals surface area contributed by atoms with Crippen LogP contribution in [0.5, 0.6) is 5.75 Å². The fourth-order valence-corrected chi connectivity index (χ4v) is 2.59. The van der Waals surface area contributed by atoms with Crippen molar-refractivity contribution >= 4 is 17.4 Å². The quantitative estimate of drug-likeness (QED) is 0.511. The molecule has 3 rings (SSSR count). The summed E-state index contributed by atoms with van der Waals surface area (Å²) in [6, 6.07) is 9.41. The number of amides is 1. The van der Waals surface area contributed by atoms with Gasteiger partial charge in [-0.3, -0.25) is 14.6 Å². The van der Waals surface area contributed by atoms with Gasteiger partial charge in [0.15, 0.2) is 0 Å². The lowest BCUT2D eigenvalue weighted by Crippen LogP contribution is -2.21. The number of ether oxygens (including phenoxy) is 1. The molecule has 1 aromatic carbocycles. The number of nitrogens with zero attached hydrogens (tertiary/aromatic N) is 1. The number of benzene rings is 1. The number of ketones is 1. The van der Waals surface area contributed by atoms with Crippen LogP contribution in [0.2, 0.25) is 0 Å². The van der Waals surface area contributed by atoms with Crippen LogP contribution in [0.4, 0.5) is 0 Å². The van der Waals surface area contributed by atoms with Crippen molar-refractivity contribution in [1.29, 1.82) is 0 Å². The van der Waals surface area contributed by atoms with E-state index < -0.39 is 17.7 Å². The summed E-state index contributed by atoms with van der Waals surface area (Å²) in [5.74, 6) is -1.04. The van der Waals surface area contributed by atoms with Gasteiger partial charge in [-0.2, -0.15) is 0 Å². The highest BCUT2D eigenvalue weighted by atomic mass is 16.5. The largest absolute Gasteiger partial charge is 0.507 e. The molecule has 0 bridgehead atoms. The first-order chi connectivity index (χ1) is 11.6. The molecule has 0 spiro atoms. The van der Waals surface area contributed by atoms with Gasteiger partial charge in [0.05, 0.1) is 18.2 Å². The van der Waals surface area contributed by atoms with E-state index in [1.807, 2.05) is 6.92 Å². The Morgan fingerprint density at radius 1 is 1.25 bits per heavy atom. The number of carbonyl (C=O) groups is 2. The SMILES string of the molecule is CCOc1ccc(C(O)=C2C(=O)C(=O)NC2c2cccnc2)cc1. The minimum absolute atomic E-state index is 0.0251. The molecule has 1 aliphatic rings. The van der Waals surface area contributed by atoms with Gasteiger partial charge in [-0.15, -0.1) is 0 Å². The number of hydrogen-bond acceptors (Lipinski definition) is 5. The highest BCUT2D eigenvalue weighted by Gasteiger charge is 2.39. The zero-order valence-electron chi connectivity index (χ0n) is 13.0. The molecule has 1 fully saturated rings. The summed E-state index contributed by atoms with van der Waals surface area (Å²) in [6.07, 6.45) is 3.15. The summed E-state index contributed by atoms with van der Waals surface area (Å²) < 4.78 is 5.36. The zero-order valence-corrected chi connectivity index (χ0v) is 13.0. The molecule has 1 atom stereocenters. The van der Waals surface area contributed by atoms with E-state index >= 15 is 0 Å². The maximum absolute atomic E-state index is 12.2. The van der Waals surface area contributed by atoms with Gasteiger partial charge in [-0.25, -0.2) is 0 Å². The third-order valence-corrected chi connectivity index (χ3v) is 3.73. The van der Waals surface area contributed by atoms with Crippen LogP contribution in [0.15, 0.2) is 54.4 Å². The Morgan fingerprint density at radius 2 is 2.00 bits per heavy atom. The van der Waals surface area contributed by atoms with Crippen molar-refractivity contribution in [3.8, 4) is 5.75 Å². The number of Topliss-reactive ketones (excluding diaryl/α,β-unsaturated/α-hetero) is 1. The lowest BCUT2D eigenvalue weighted by atomic mass is 9.97. The minimum Gasteiger partial charge on any atom is -0.507 e. The predicted molar refractivity (Wildman–Crippen MR) is 87.3 cm³/mol. The standard InChI is InChI=1S/C18H16N2O4/c1-2-24-13-7-5-11(6-8-13)16(21)14-15(20-18(23)17(14)22)12-4-3-9-19-10-12/h3-10,15,21H,2H2,1H3,(H,20,23). The Hall–Kier alpha value is -3.15. The fraction of sp³-hybridized carbons (Fsp3) is 0.167. The molecular formula is C18H16N2O4. The summed E-state index contributed by atoms with van der Waals surface area (Å²) in [4.78, 5) is 28.0. The maximum atomic E-state index is 12.2. The first-order valence-corrected chi connectivity index (χ1v) is 7.53. The molecule has 2 aromatic rings. The van der Waals surface area contributed by atoms with Gasteiger partial charge >= 0.3 is 0 Å². The second-order valence-electron chi connectivity index (χ2n) is 5.24. The molecule has 1 aliphatic heterocycles. The molecule has 2 N–H and O–H groups in total. The van der Waals surface area contributed by atoms with E-state index in [0.717, 1.165) is 0 Å². The Bertz CT molecular complexity index is 798. The van der Waals surface area contributed by atoms with Crippen molar-refractivity contribution < 1.29 is 19.4 Å². The van der Waals surface area contributed by atoms with Crippen LogP contribution in [0.1, 0.15) is 24.1 Å². The minimum atomic E-state index is -0.741. The molecule has 122 valence electrons. The van der Waals surface area contributed by atoms with Crippen molar-refractivity contribution in [2.45, 2.75) is 13.0 Å². The molecule has 1 aromatic heterocycles. The van der Waals surface area contributed by atoms with Crippen LogP contribution in [0.25, 0.3) is 5.76 Å². The second-order valence-corrected chi connectivity index (χ2v) is 5.24. The highest BCUT2D eigenvalue weighted by molar-refractivity contribution is 6.46. The lowest BCUT2D eigenvalue weighted by Gasteiger charge is -2.13. The van der Waals surface area contributed by atoms with Crippen molar-refractivity contribution in [3.05, 3.63) is 65.5 Å². The molecule has 1 unspecified atom stereocenters. The number of aromatic nitrogens is 1. The molecule has 1 amide bonds.